The molecule has 0 bridgehead atoms. The van der Waals surface area contributed by atoms with E-state index in [0.29, 0.717) is 12.1 Å². The SMILES string of the molecule is CCc1cn(-c2cc(F)cc(C(=O)O)c2)nn1. The molecule has 0 radical (unpaired) electrons. The van der Waals surface area contributed by atoms with E-state index >= 15 is 0 Å². The Balaban J connectivity index is 2.47. The van der Waals surface area contributed by atoms with Crippen molar-refractivity contribution in [2.45, 2.75) is 13.3 Å². The van der Waals surface area contributed by atoms with Crippen molar-refractivity contribution < 1.29 is 14.3 Å². The number of hydrogen-bond acceptors (Lipinski definition) is 3. The lowest BCUT2D eigenvalue weighted by Crippen LogP contribution is -2.02. The highest BCUT2D eigenvalue weighted by molar-refractivity contribution is 5.88. The molecule has 1 heterocycles. The van der Waals surface area contributed by atoms with E-state index in [-0.39, 0.29) is 5.56 Å². The van der Waals surface area contributed by atoms with Crippen LogP contribution in [-0.2, 0) is 6.42 Å². The summed E-state index contributed by atoms with van der Waals surface area (Å²) in [5.41, 5.74) is 0.981. The molecule has 0 spiro atoms. The minimum atomic E-state index is -1.18. The summed E-state index contributed by atoms with van der Waals surface area (Å²) in [5, 5.41) is 16.5. The largest absolute Gasteiger partial charge is 0.478 e. The van der Waals surface area contributed by atoms with Crippen LogP contribution in [0.4, 0.5) is 4.39 Å². The van der Waals surface area contributed by atoms with Crippen molar-refractivity contribution in [3.05, 3.63) is 41.5 Å². The number of rotatable bonds is 3. The zero-order valence-electron chi connectivity index (χ0n) is 9.09. The molecule has 5 nitrogen and oxygen atoms in total. The predicted molar refractivity (Wildman–Crippen MR) is 57.7 cm³/mol. The second kappa shape index (κ2) is 4.32. The number of aryl methyl sites for hydroxylation is 1. The number of hydrogen-bond donors (Lipinski definition) is 1. The summed E-state index contributed by atoms with van der Waals surface area (Å²) in [6.07, 6.45) is 2.35. The third-order valence-corrected chi connectivity index (χ3v) is 2.30. The molecule has 88 valence electrons. The van der Waals surface area contributed by atoms with Gasteiger partial charge in [0.2, 0.25) is 0 Å². The fraction of sp³-hybridized carbons (Fsp3) is 0.182. The molecular weight excluding hydrogens is 225 g/mol. The summed E-state index contributed by atoms with van der Waals surface area (Å²) in [4.78, 5) is 10.8. The second-order valence-corrected chi connectivity index (χ2v) is 3.51. The smallest absolute Gasteiger partial charge is 0.335 e. The first-order valence-corrected chi connectivity index (χ1v) is 5.05. The maximum atomic E-state index is 13.2. The molecule has 0 aliphatic heterocycles. The monoisotopic (exact) mass is 235 g/mol. The number of carboxylic acid groups (broad SMARTS) is 1. The molecule has 0 saturated heterocycles. The van der Waals surface area contributed by atoms with E-state index in [2.05, 4.69) is 10.3 Å². The summed E-state index contributed by atoms with van der Waals surface area (Å²) in [6, 6.07) is 3.52. The molecule has 0 atom stereocenters. The Morgan fingerprint density at radius 3 is 2.82 bits per heavy atom. The van der Waals surface area contributed by atoms with Gasteiger partial charge in [0.15, 0.2) is 0 Å². The summed E-state index contributed by atoms with van der Waals surface area (Å²) in [7, 11) is 0. The van der Waals surface area contributed by atoms with E-state index < -0.39 is 11.8 Å². The summed E-state index contributed by atoms with van der Waals surface area (Å²) in [6.45, 7) is 1.92. The molecular formula is C11H10FN3O2. The van der Waals surface area contributed by atoms with E-state index in [1.54, 1.807) is 6.20 Å². The van der Waals surface area contributed by atoms with Crippen molar-refractivity contribution in [3.8, 4) is 5.69 Å². The predicted octanol–water partition coefficient (Wildman–Crippen LogP) is 1.67. The minimum Gasteiger partial charge on any atom is -0.478 e. The fourth-order valence-corrected chi connectivity index (χ4v) is 1.42. The van der Waals surface area contributed by atoms with Crippen LogP contribution in [0.2, 0.25) is 0 Å². The average Bonchev–Trinajstić information content (AvgIpc) is 2.76. The Morgan fingerprint density at radius 1 is 1.47 bits per heavy atom. The quantitative estimate of drug-likeness (QED) is 0.878. The van der Waals surface area contributed by atoms with Gasteiger partial charge in [-0.2, -0.15) is 0 Å². The highest BCUT2D eigenvalue weighted by Gasteiger charge is 2.09. The van der Waals surface area contributed by atoms with Crippen LogP contribution in [-0.4, -0.2) is 26.1 Å². The van der Waals surface area contributed by atoms with Gasteiger partial charge in [0.25, 0.3) is 0 Å². The van der Waals surface area contributed by atoms with Crippen molar-refractivity contribution in [1.29, 1.82) is 0 Å². The van der Waals surface area contributed by atoms with Gasteiger partial charge in [0.05, 0.1) is 23.1 Å². The number of aromatic carboxylic acids is 1. The van der Waals surface area contributed by atoms with E-state index in [1.165, 1.54) is 16.8 Å². The number of carbonyl (C=O) groups is 1. The van der Waals surface area contributed by atoms with Gasteiger partial charge in [0, 0.05) is 0 Å². The average molecular weight is 235 g/mol. The van der Waals surface area contributed by atoms with E-state index in [0.717, 1.165) is 11.8 Å². The number of aromatic nitrogens is 3. The van der Waals surface area contributed by atoms with E-state index in [1.807, 2.05) is 6.92 Å². The van der Waals surface area contributed by atoms with Gasteiger partial charge >= 0.3 is 5.97 Å². The van der Waals surface area contributed by atoms with Gasteiger partial charge in [-0.3, -0.25) is 0 Å². The van der Waals surface area contributed by atoms with Crippen LogP contribution in [0.1, 0.15) is 23.0 Å². The Bertz CT molecular complexity index is 566. The third kappa shape index (κ3) is 2.30. The standard InChI is InChI=1S/C11H10FN3O2/c1-2-9-6-15(14-13-9)10-4-7(11(16)17)3-8(12)5-10/h3-6H,2H2,1H3,(H,16,17). The lowest BCUT2D eigenvalue weighted by atomic mass is 10.2. The molecule has 0 unspecified atom stereocenters. The number of halogens is 1. The van der Waals surface area contributed by atoms with Gasteiger partial charge in [-0.1, -0.05) is 12.1 Å². The van der Waals surface area contributed by atoms with Gasteiger partial charge in [-0.25, -0.2) is 13.9 Å². The van der Waals surface area contributed by atoms with Crippen molar-refractivity contribution in [2.24, 2.45) is 0 Å². The molecule has 1 N–H and O–H groups in total. The van der Waals surface area contributed by atoms with Gasteiger partial charge in [-0.05, 0) is 24.6 Å². The van der Waals surface area contributed by atoms with Gasteiger partial charge in [0.1, 0.15) is 5.82 Å². The third-order valence-electron chi connectivity index (χ3n) is 2.30. The number of carboxylic acids is 1. The van der Waals surface area contributed by atoms with Crippen LogP contribution in [0.15, 0.2) is 24.4 Å². The van der Waals surface area contributed by atoms with Crippen LogP contribution in [0.3, 0.4) is 0 Å². The minimum absolute atomic E-state index is 0.117. The molecule has 0 aliphatic carbocycles. The number of nitrogens with zero attached hydrogens (tertiary/aromatic N) is 3. The van der Waals surface area contributed by atoms with Crippen molar-refractivity contribution in [2.75, 3.05) is 0 Å². The zero-order valence-corrected chi connectivity index (χ0v) is 9.09. The second-order valence-electron chi connectivity index (χ2n) is 3.51. The lowest BCUT2D eigenvalue weighted by Gasteiger charge is -2.02. The molecule has 0 aliphatic rings. The molecule has 1 aromatic heterocycles. The first-order chi connectivity index (χ1) is 8.10. The van der Waals surface area contributed by atoms with E-state index in [4.69, 9.17) is 5.11 Å². The zero-order chi connectivity index (χ0) is 12.4. The van der Waals surface area contributed by atoms with Gasteiger partial charge in [-0.15, -0.1) is 5.10 Å². The molecule has 2 rings (SSSR count). The Kier molecular flexibility index (Phi) is 2.86. The van der Waals surface area contributed by atoms with Crippen molar-refractivity contribution in [1.82, 2.24) is 15.0 Å². The lowest BCUT2D eigenvalue weighted by molar-refractivity contribution is 0.0696. The van der Waals surface area contributed by atoms with Crippen LogP contribution >= 0.6 is 0 Å². The Labute approximate surface area is 96.5 Å². The maximum absolute atomic E-state index is 13.2. The highest BCUT2D eigenvalue weighted by Crippen LogP contribution is 2.13. The Morgan fingerprint density at radius 2 is 2.24 bits per heavy atom. The fourth-order valence-electron chi connectivity index (χ4n) is 1.42. The molecule has 0 amide bonds. The van der Waals surface area contributed by atoms with Crippen molar-refractivity contribution >= 4 is 5.97 Å². The van der Waals surface area contributed by atoms with Crippen LogP contribution in [0.25, 0.3) is 5.69 Å². The maximum Gasteiger partial charge on any atom is 0.335 e. The van der Waals surface area contributed by atoms with Crippen molar-refractivity contribution in [3.63, 3.8) is 0 Å². The molecule has 2 aromatic rings. The van der Waals surface area contributed by atoms with Crippen LogP contribution in [0.5, 0.6) is 0 Å². The molecule has 17 heavy (non-hydrogen) atoms. The Hall–Kier alpha value is -2.24. The van der Waals surface area contributed by atoms with Gasteiger partial charge < -0.3 is 5.11 Å². The summed E-state index contributed by atoms with van der Waals surface area (Å²) < 4.78 is 14.6. The molecule has 0 fully saturated rings. The normalized spacial score (nSPS) is 10.5. The summed E-state index contributed by atoms with van der Waals surface area (Å²) in [5.74, 6) is -1.80. The van der Waals surface area contributed by atoms with Crippen LogP contribution < -0.4 is 0 Å². The molecule has 6 heteroatoms. The highest BCUT2D eigenvalue weighted by atomic mass is 19.1. The number of benzene rings is 1. The van der Waals surface area contributed by atoms with E-state index in [9.17, 15) is 9.18 Å². The molecule has 0 saturated carbocycles. The molecule has 1 aromatic carbocycles. The van der Waals surface area contributed by atoms with Crippen LogP contribution in [0, 0.1) is 5.82 Å². The first-order valence-electron chi connectivity index (χ1n) is 5.05. The topological polar surface area (TPSA) is 68.0 Å². The summed E-state index contributed by atoms with van der Waals surface area (Å²) >= 11 is 0. The first kappa shape index (κ1) is 11.3.